The molecule has 0 aliphatic heterocycles. The predicted molar refractivity (Wildman–Crippen MR) is 125 cm³/mol. The minimum absolute atomic E-state index is 0.301. The van der Waals surface area contributed by atoms with Gasteiger partial charge in [0.1, 0.15) is 5.60 Å². The molecule has 4 rings (SSSR count). The Morgan fingerprint density at radius 2 is 1.42 bits per heavy atom. The summed E-state index contributed by atoms with van der Waals surface area (Å²) in [6, 6.07) is 14.2. The standard InChI is InChI=1S/C15H17NO4.C10H9NO2/c1-15(2,3)20-14(18)16-9-8-10-11(13(17)19-4)6-5-7-12(10)16;1-13-10(12)8-3-2-4-9-7(8)5-6-11-9/h5-9H,1-4H3;2-6,11H,1H3. The molecule has 2 aromatic heterocycles. The SMILES string of the molecule is COC(=O)c1cccc2[nH]ccc12.COC(=O)c1cccc2c1ccn2C(=O)OC(C)(C)C. The fraction of sp³-hybridized carbons (Fsp3) is 0.240. The van der Waals surface area contributed by atoms with Gasteiger partial charge >= 0.3 is 18.0 Å². The number of benzene rings is 2. The van der Waals surface area contributed by atoms with E-state index in [-0.39, 0.29) is 5.97 Å². The first-order valence-electron chi connectivity index (χ1n) is 10.2. The van der Waals surface area contributed by atoms with Crippen LogP contribution in [0.15, 0.2) is 60.9 Å². The summed E-state index contributed by atoms with van der Waals surface area (Å²) in [4.78, 5) is 38.1. The highest BCUT2D eigenvalue weighted by atomic mass is 16.6. The van der Waals surface area contributed by atoms with E-state index >= 15 is 0 Å². The third-order valence-corrected chi connectivity index (χ3v) is 4.73. The number of aromatic nitrogens is 2. The van der Waals surface area contributed by atoms with Gasteiger partial charge < -0.3 is 19.2 Å². The van der Waals surface area contributed by atoms with Crippen molar-refractivity contribution in [2.24, 2.45) is 0 Å². The summed E-state index contributed by atoms with van der Waals surface area (Å²) in [5.74, 6) is -0.734. The molecule has 0 radical (unpaired) electrons. The lowest BCUT2D eigenvalue weighted by Crippen LogP contribution is -2.26. The van der Waals surface area contributed by atoms with Gasteiger partial charge in [-0.15, -0.1) is 0 Å². The van der Waals surface area contributed by atoms with Crippen molar-refractivity contribution >= 4 is 39.8 Å². The van der Waals surface area contributed by atoms with E-state index in [2.05, 4.69) is 9.72 Å². The Morgan fingerprint density at radius 3 is 2.03 bits per heavy atom. The second-order valence-electron chi connectivity index (χ2n) is 8.13. The Labute approximate surface area is 191 Å². The number of nitrogens with zero attached hydrogens (tertiary/aromatic N) is 1. The zero-order valence-electron chi connectivity index (χ0n) is 19.2. The fourth-order valence-electron chi connectivity index (χ4n) is 3.30. The second-order valence-corrected chi connectivity index (χ2v) is 8.13. The van der Waals surface area contributed by atoms with E-state index in [4.69, 9.17) is 9.47 Å². The fourth-order valence-corrected chi connectivity index (χ4v) is 3.30. The van der Waals surface area contributed by atoms with Crippen LogP contribution in [-0.4, -0.2) is 47.4 Å². The smallest absolute Gasteiger partial charge is 0.418 e. The molecule has 0 unspecified atom stereocenters. The maximum atomic E-state index is 12.1. The highest BCUT2D eigenvalue weighted by molar-refractivity contribution is 6.05. The van der Waals surface area contributed by atoms with Crippen LogP contribution in [0.25, 0.3) is 21.8 Å². The largest absolute Gasteiger partial charge is 0.465 e. The van der Waals surface area contributed by atoms with Gasteiger partial charge in [0.05, 0.1) is 30.9 Å². The quantitative estimate of drug-likeness (QED) is 0.334. The zero-order chi connectivity index (χ0) is 24.2. The number of carbonyl (C=O) groups excluding carboxylic acids is 3. The molecule has 0 saturated carbocycles. The van der Waals surface area contributed by atoms with E-state index in [0.717, 1.165) is 10.9 Å². The summed E-state index contributed by atoms with van der Waals surface area (Å²) >= 11 is 0. The molecule has 33 heavy (non-hydrogen) atoms. The van der Waals surface area contributed by atoms with Gasteiger partial charge in [-0.05, 0) is 57.2 Å². The predicted octanol–water partition coefficient (Wildman–Crippen LogP) is 5.17. The molecule has 0 fully saturated rings. The van der Waals surface area contributed by atoms with Crippen LogP contribution in [0.3, 0.4) is 0 Å². The number of hydrogen-bond acceptors (Lipinski definition) is 6. The monoisotopic (exact) mass is 450 g/mol. The van der Waals surface area contributed by atoms with Crippen LogP contribution in [0.1, 0.15) is 41.5 Å². The van der Waals surface area contributed by atoms with Gasteiger partial charge in [0.15, 0.2) is 0 Å². The van der Waals surface area contributed by atoms with Crippen LogP contribution < -0.4 is 0 Å². The molecule has 0 saturated heterocycles. The van der Waals surface area contributed by atoms with Crippen LogP contribution >= 0.6 is 0 Å². The van der Waals surface area contributed by atoms with Crippen molar-refractivity contribution in [3.8, 4) is 0 Å². The summed E-state index contributed by atoms with van der Waals surface area (Å²) in [5.41, 5.74) is 2.01. The first-order chi connectivity index (χ1) is 15.7. The number of esters is 2. The molecule has 8 heteroatoms. The molecule has 0 aliphatic rings. The van der Waals surface area contributed by atoms with Crippen molar-refractivity contribution in [3.63, 3.8) is 0 Å². The molecule has 172 valence electrons. The first kappa shape index (κ1) is 23.6. The average molecular weight is 450 g/mol. The Balaban J connectivity index is 0.000000203. The number of nitrogens with one attached hydrogen (secondary N) is 1. The Bertz CT molecular complexity index is 1310. The van der Waals surface area contributed by atoms with Crippen molar-refractivity contribution < 1.29 is 28.6 Å². The van der Waals surface area contributed by atoms with Crippen molar-refractivity contribution in [1.82, 2.24) is 9.55 Å². The van der Waals surface area contributed by atoms with Crippen molar-refractivity contribution in [2.45, 2.75) is 26.4 Å². The van der Waals surface area contributed by atoms with E-state index < -0.39 is 17.7 Å². The highest BCUT2D eigenvalue weighted by Crippen LogP contribution is 2.22. The lowest BCUT2D eigenvalue weighted by molar-refractivity contribution is 0.0541. The van der Waals surface area contributed by atoms with Crippen LogP contribution in [-0.2, 0) is 14.2 Å². The molecule has 0 spiro atoms. The number of rotatable bonds is 2. The number of fused-ring (bicyclic) bond motifs is 2. The van der Waals surface area contributed by atoms with E-state index in [0.29, 0.717) is 22.0 Å². The molecule has 0 amide bonds. The molecule has 0 atom stereocenters. The second kappa shape index (κ2) is 9.60. The molecular weight excluding hydrogens is 424 g/mol. The van der Waals surface area contributed by atoms with Crippen LogP contribution in [0.2, 0.25) is 0 Å². The van der Waals surface area contributed by atoms with E-state index in [1.807, 2.05) is 18.2 Å². The Kier molecular flexibility index (Phi) is 6.86. The molecule has 0 aliphatic carbocycles. The Morgan fingerprint density at radius 1 is 0.818 bits per heavy atom. The van der Waals surface area contributed by atoms with Gasteiger partial charge in [-0.3, -0.25) is 4.57 Å². The number of carbonyl (C=O) groups is 3. The lowest BCUT2D eigenvalue weighted by Gasteiger charge is -2.19. The number of ether oxygens (including phenoxy) is 3. The minimum Gasteiger partial charge on any atom is -0.465 e. The molecule has 2 aromatic carbocycles. The van der Waals surface area contributed by atoms with Gasteiger partial charge in [-0.25, -0.2) is 14.4 Å². The van der Waals surface area contributed by atoms with Crippen molar-refractivity contribution in [1.29, 1.82) is 0 Å². The average Bonchev–Trinajstić information content (AvgIpc) is 3.44. The molecule has 2 heterocycles. The van der Waals surface area contributed by atoms with Gasteiger partial charge in [0.2, 0.25) is 0 Å². The van der Waals surface area contributed by atoms with E-state index in [9.17, 15) is 14.4 Å². The van der Waals surface area contributed by atoms with Crippen LogP contribution in [0.5, 0.6) is 0 Å². The summed E-state index contributed by atoms with van der Waals surface area (Å²) in [5, 5.41) is 1.56. The van der Waals surface area contributed by atoms with Crippen LogP contribution in [0, 0.1) is 0 Å². The molecular formula is C25H26N2O6. The van der Waals surface area contributed by atoms with E-state index in [1.54, 1.807) is 63.5 Å². The van der Waals surface area contributed by atoms with Gasteiger partial charge in [-0.2, -0.15) is 0 Å². The van der Waals surface area contributed by atoms with Gasteiger partial charge in [0.25, 0.3) is 0 Å². The third kappa shape index (κ3) is 5.23. The summed E-state index contributed by atoms with van der Waals surface area (Å²) in [7, 11) is 2.71. The van der Waals surface area contributed by atoms with Crippen molar-refractivity contribution in [3.05, 3.63) is 72.1 Å². The third-order valence-electron chi connectivity index (χ3n) is 4.73. The van der Waals surface area contributed by atoms with E-state index in [1.165, 1.54) is 18.8 Å². The maximum absolute atomic E-state index is 12.1. The lowest BCUT2D eigenvalue weighted by atomic mass is 10.1. The molecule has 8 nitrogen and oxygen atoms in total. The number of methoxy groups -OCH3 is 2. The van der Waals surface area contributed by atoms with Gasteiger partial charge in [0, 0.05) is 28.7 Å². The summed E-state index contributed by atoms with van der Waals surface area (Å²) < 4.78 is 16.1. The topological polar surface area (TPSA) is 99.6 Å². The minimum atomic E-state index is -0.576. The zero-order valence-corrected chi connectivity index (χ0v) is 19.2. The number of hydrogen-bond donors (Lipinski definition) is 1. The molecule has 1 N–H and O–H groups in total. The molecule has 0 bridgehead atoms. The summed E-state index contributed by atoms with van der Waals surface area (Å²) in [6.07, 6.45) is 2.91. The number of H-pyrrole nitrogens is 1. The summed E-state index contributed by atoms with van der Waals surface area (Å²) in [6.45, 7) is 5.41. The molecule has 4 aromatic rings. The van der Waals surface area contributed by atoms with Crippen LogP contribution in [0.4, 0.5) is 4.79 Å². The first-order valence-corrected chi connectivity index (χ1v) is 10.2. The number of aromatic amines is 1. The Hall–Kier alpha value is -4.07. The maximum Gasteiger partial charge on any atom is 0.418 e. The van der Waals surface area contributed by atoms with Crippen molar-refractivity contribution in [2.75, 3.05) is 14.2 Å². The normalized spacial score (nSPS) is 10.9. The van der Waals surface area contributed by atoms with Gasteiger partial charge in [-0.1, -0.05) is 12.1 Å². The highest BCUT2D eigenvalue weighted by Gasteiger charge is 2.20.